The predicted molar refractivity (Wildman–Crippen MR) is 61.2 cm³/mol. The SMILES string of the molecule is CCCC(C)(C)Nc1cc(OC)ncn1. The summed E-state index contributed by atoms with van der Waals surface area (Å²) in [6, 6.07) is 1.80. The van der Waals surface area contributed by atoms with Crippen molar-refractivity contribution in [1.82, 2.24) is 9.97 Å². The van der Waals surface area contributed by atoms with Gasteiger partial charge in [0.05, 0.1) is 7.11 Å². The first-order valence-electron chi connectivity index (χ1n) is 5.21. The molecule has 1 aromatic rings. The average molecular weight is 209 g/mol. The van der Waals surface area contributed by atoms with Crippen LogP contribution in [-0.2, 0) is 0 Å². The van der Waals surface area contributed by atoms with Crippen molar-refractivity contribution in [2.75, 3.05) is 12.4 Å². The third-order valence-electron chi connectivity index (χ3n) is 2.19. The molecule has 1 heterocycles. The molecule has 4 nitrogen and oxygen atoms in total. The molecule has 0 fully saturated rings. The lowest BCUT2D eigenvalue weighted by Crippen LogP contribution is -2.30. The van der Waals surface area contributed by atoms with Crippen molar-refractivity contribution >= 4 is 5.82 Å². The largest absolute Gasteiger partial charge is 0.481 e. The molecule has 0 atom stereocenters. The molecule has 0 saturated carbocycles. The number of ether oxygens (including phenoxy) is 1. The summed E-state index contributed by atoms with van der Waals surface area (Å²) >= 11 is 0. The minimum atomic E-state index is 0.0497. The second-order valence-corrected chi connectivity index (χ2v) is 4.20. The topological polar surface area (TPSA) is 47.0 Å². The number of methoxy groups -OCH3 is 1. The molecule has 0 spiro atoms. The highest BCUT2D eigenvalue weighted by atomic mass is 16.5. The minimum Gasteiger partial charge on any atom is -0.481 e. The Labute approximate surface area is 91.1 Å². The first-order chi connectivity index (χ1) is 7.07. The highest BCUT2D eigenvalue weighted by Gasteiger charge is 2.16. The molecule has 0 unspecified atom stereocenters. The minimum absolute atomic E-state index is 0.0497. The molecule has 0 aliphatic carbocycles. The van der Waals surface area contributed by atoms with Crippen LogP contribution >= 0.6 is 0 Å². The van der Waals surface area contributed by atoms with E-state index in [1.54, 1.807) is 13.2 Å². The van der Waals surface area contributed by atoms with Gasteiger partial charge >= 0.3 is 0 Å². The molecule has 15 heavy (non-hydrogen) atoms. The average Bonchev–Trinajstić information content (AvgIpc) is 2.17. The summed E-state index contributed by atoms with van der Waals surface area (Å²) in [4.78, 5) is 8.11. The van der Waals surface area contributed by atoms with E-state index in [9.17, 15) is 0 Å². The summed E-state index contributed by atoms with van der Waals surface area (Å²) in [6.45, 7) is 6.49. The molecule has 0 bridgehead atoms. The highest BCUT2D eigenvalue weighted by molar-refractivity contribution is 5.39. The van der Waals surface area contributed by atoms with Gasteiger partial charge in [0.25, 0.3) is 0 Å². The van der Waals surface area contributed by atoms with Gasteiger partial charge in [0, 0.05) is 11.6 Å². The van der Waals surface area contributed by atoms with Crippen molar-refractivity contribution in [2.24, 2.45) is 0 Å². The second kappa shape index (κ2) is 4.96. The van der Waals surface area contributed by atoms with Crippen molar-refractivity contribution in [2.45, 2.75) is 39.2 Å². The van der Waals surface area contributed by atoms with Crippen molar-refractivity contribution in [3.8, 4) is 5.88 Å². The summed E-state index contributed by atoms with van der Waals surface area (Å²) < 4.78 is 5.04. The van der Waals surface area contributed by atoms with Crippen LogP contribution in [0.15, 0.2) is 12.4 Å². The lowest BCUT2D eigenvalue weighted by molar-refractivity contribution is 0.396. The van der Waals surface area contributed by atoms with Gasteiger partial charge in [-0.1, -0.05) is 13.3 Å². The van der Waals surface area contributed by atoms with Crippen LogP contribution in [-0.4, -0.2) is 22.6 Å². The number of anilines is 1. The van der Waals surface area contributed by atoms with E-state index in [0.29, 0.717) is 5.88 Å². The maximum atomic E-state index is 5.04. The van der Waals surface area contributed by atoms with E-state index >= 15 is 0 Å². The van der Waals surface area contributed by atoms with E-state index in [1.165, 1.54) is 6.33 Å². The van der Waals surface area contributed by atoms with Gasteiger partial charge in [0.15, 0.2) is 0 Å². The summed E-state index contributed by atoms with van der Waals surface area (Å²) in [5.41, 5.74) is 0.0497. The monoisotopic (exact) mass is 209 g/mol. The van der Waals surface area contributed by atoms with Crippen molar-refractivity contribution in [3.05, 3.63) is 12.4 Å². The van der Waals surface area contributed by atoms with Gasteiger partial charge in [0.1, 0.15) is 12.1 Å². The Balaban J connectivity index is 2.71. The Morgan fingerprint density at radius 2 is 2.13 bits per heavy atom. The second-order valence-electron chi connectivity index (χ2n) is 4.20. The van der Waals surface area contributed by atoms with Crippen molar-refractivity contribution in [3.63, 3.8) is 0 Å². The summed E-state index contributed by atoms with van der Waals surface area (Å²) in [7, 11) is 1.60. The first kappa shape index (κ1) is 11.8. The first-order valence-corrected chi connectivity index (χ1v) is 5.21. The van der Waals surface area contributed by atoms with Gasteiger partial charge in [-0.2, -0.15) is 0 Å². The molecule has 4 heteroatoms. The Kier molecular flexibility index (Phi) is 3.88. The van der Waals surface area contributed by atoms with E-state index in [0.717, 1.165) is 18.7 Å². The normalized spacial score (nSPS) is 11.2. The number of hydrogen-bond acceptors (Lipinski definition) is 4. The molecule has 0 aromatic carbocycles. The quantitative estimate of drug-likeness (QED) is 0.809. The number of nitrogens with one attached hydrogen (secondary N) is 1. The number of nitrogens with zero attached hydrogens (tertiary/aromatic N) is 2. The van der Waals surface area contributed by atoms with Gasteiger partial charge in [-0.15, -0.1) is 0 Å². The fourth-order valence-corrected chi connectivity index (χ4v) is 1.55. The molecule has 0 amide bonds. The summed E-state index contributed by atoms with van der Waals surface area (Å²) in [6.07, 6.45) is 3.74. The lowest BCUT2D eigenvalue weighted by Gasteiger charge is -2.26. The van der Waals surface area contributed by atoms with Gasteiger partial charge < -0.3 is 10.1 Å². The van der Waals surface area contributed by atoms with Crippen LogP contribution in [0.25, 0.3) is 0 Å². The molecule has 84 valence electrons. The van der Waals surface area contributed by atoms with E-state index in [-0.39, 0.29) is 5.54 Å². The lowest BCUT2D eigenvalue weighted by atomic mass is 9.99. The van der Waals surface area contributed by atoms with Crippen LogP contribution < -0.4 is 10.1 Å². The zero-order valence-corrected chi connectivity index (χ0v) is 9.87. The molecule has 1 N–H and O–H groups in total. The van der Waals surface area contributed by atoms with Gasteiger partial charge in [0.2, 0.25) is 5.88 Å². The van der Waals surface area contributed by atoms with Crippen LogP contribution in [0.4, 0.5) is 5.82 Å². The fourth-order valence-electron chi connectivity index (χ4n) is 1.55. The van der Waals surface area contributed by atoms with Gasteiger partial charge in [-0.3, -0.25) is 0 Å². The van der Waals surface area contributed by atoms with Crippen LogP contribution in [0, 0.1) is 0 Å². The molecule has 1 aromatic heterocycles. The van der Waals surface area contributed by atoms with Crippen LogP contribution in [0.5, 0.6) is 5.88 Å². The van der Waals surface area contributed by atoms with Crippen molar-refractivity contribution in [1.29, 1.82) is 0 Å². The van der Waals surface area contributed by atoms with E-state index in [2.05, 4.69) is 36.1 Å². The number of aromatic nitrogens is 2. The van der Waals surface area contributed by atoms with Gasteiger partial charge in [-0.05, 0) is 20.3 Å². The van der Waals surface area contributed by atoms with Crippen LogP contribution in [0.1, 0.15) is 33.6 Å². The highest BCUT2D eigenvalue weighted by Crippen LogP contribution is 2.19. The van der Waals surface area contributed by atoms with E-state index in [1.807, 2.05) is 0 Å². The number of rotatable bonds is 5. The molecule has 1 rings (SSSR count). The van der Waals surface area contributed by atoms with Crippen LogP contribution in [0.3, 0.4) is 0 Å². The number of hydrogen-bond donors (Lipinski definition) is 1. The Hall–Kier alpha value is -1.32. The van der Waals surface area contributed by atoms with Crippen molar-refractivity contribution < 1.29 is 4.74 Å². The maximum absolute atomic E-state index is 5.04. The van der Waals surface area contributed by atoms with E-state index < -0.39 is 0 Å². The fraction of sp³-hybridized carbons (Fsp3) is 0.636. The molecular formula is C11H19N3O. The molecule has 0 radical (unpaired) electrons. The smallest absolute Gasteiger partial charge is 0.218 e. The molecule has 0 saturated heterocycles. The summed E-state index contributed by atoms with van der Waals surface area (Å²) in [5.74, 6) is 1.39. The molecular weight excluding hydrogens is 190 g/mol. The maximum Gasteiger partial charge on any atom is 0.218 e. The zero-order chi connectivity index (χ0) is 11.3. The third kappa shape index (κ3) is 3.73. The Bertz CT molecular complexity index is 312. The predicted octanol–water partition coefficient (Wildman–Crippen LogP) is 2.48. The van der Waals surface area contributed by atoms with E-state index in [4.69, 9.17) is 4.74 Å². The molecule has 0 aliphatic rings. The third-order valence-corrected chi connectivity index (χ3v) is 2.19. The zero-order valence-electron chi connectivity index (χ0n) is 9.87. The van der Waals surface area contributed by atoms with Gasteiger partial charge in [-0.25, -0.2) is 9.97 Å². The van der Waals surface area contributed by atoms with Crippen LogP contribution in [0.2, 0.25) is 0 Å². The standard InChI is InChI=1S/C11H19N3O/c1-5-6-11(2,3)14-9-7-10(15-4)13-8-12-9/h7-8H,5-6H2,1-4H3,(H,12,13,14). The Morgan fingerprint density at radius 1 is 1.40 bits per heavy atom. The Morgan fingerprint density at radius 3 is 2.73 bits per heavy atom. The molecule has 0 aliphatic heterocycles. The summed E-state index contributed by atoms with van der Waals surface area (Å²) in [5, 5.41) is 3.36.